The van der Waals surface area contributed by atoms with Gasteiger partial charge in [-0.25, -0.2) is 0 Å². The molecule has 15 heavy (non-hydrogen) atoms. The fourth-order valence-corrected chi connectivity index (χ4v) is 1.71. The van der Waals surface area contributed by atoms with Crippen molar-refractivity contribution >= 4 is 21.8 Å². The van der Waals surface area contributed by atoms with Gasteiger partial charge in [0, 0.05) is 10.9 Å². The molecule has 0 saturated carbocycles. The molecule has 0 aliphatic heterocycles. The van der Waals surface area contributed by atoms with Crippen LogP contribution in [-0.4, -0.2) is 5.91 Å². The number of carbonyl (C=O) groups is 1. The lowest BCUT2D eigenvalue weighted by atomic mass is 10.1. The third kappa shape index (κ3) is 3.88. The van der Waals surface area contributed by atoms with Crippen molar-refractivity contribution in [1.82, 2.24) is 5.32 Å². The van der Waals surface area contributed by atoms with Crippen LogP contribution in [0.1, 0.15) is 24.9 Å². The molecule has 1 rings (SSSR count). The predicted molar refractivity (Wildman–Crippen MR) is 65.5 cm³/mol. The van der Waals surface area contributed by atoms with E-state index in [9.17, 15) is 4.79 Å². The molecule has 1 N–H and O–H groups in total. The minimum Gasteiger partial charge on any atom is -0.349 e. The molecule has 1 atom stereocenters. The van der Waals surface area contributed by atoms with Gasteiger partial charge < -0.3 is 5.32 Å². The van der Waals surface area contributed by atoms with Gasteiger partial charge in [0.2, 0.25) is 5.91 Å². The van der Waals surface area contributed by atoms with E-state index >= 15 is 0 Å². The lowest BCUT2D eigenvalue weighted by Crippen LogP contribution is -2.25. The fourth-order valence-electron chi connectivity index (χ4n) is 1.29. The van der Waals surface area contributed by atoms with Crippen LogP contribution in [-0.2, 0) is 4.79 Å². The molecule has 2 nitrogen and oxygen atoms in total. The number of halogens is 1. The van der Waals surface area contributed by atoms with E-state index in [1.165, 1.54) is 0 Å². The van der Waals surface area contributed by atoms with Crippen molar-refractivity contribution < 1.29 is 4.79 Å². The van der Waals surface area contributed by atoms with Gasteiger partial charge in [-0.1, -0.05) is 34.1 Å². The van der Waals surface area contributed by atoms with Gasteiger partial charge in [-0.05, 0) is 24.6 Å². The summed E-state index contributed by atoms with van der Waals surface area (Å²) < 4.78 is 1.02. The average molecular weight is 268 g/mol. The summed E-state index contributed by atoms with van der Waals surface area (Å²) in [6.45, 7) is 5.49. The van der Waals surface area contributed by atoms with Gasteiger partial charge in [0.1, 0.15) is 0 Å². The number of carbonyl (C=O) groups excluding carboxylic acids is 1. The van der Waals surface area contributed by atoms with Gasteiger partial charge in [-0.15, -0.1) is 6.58 Å². The van der Waals surface area contributed by atoms with Gasteiger partial charge in [0.25, 0.3) is 0 Å². The highest BCUT2D eigenvalue weighted by molar-refractivity contribution is 9.10. The Morgan fingerprint density at radius 2 is 2.40 bits per heavy atom. The van der Waals surface area contributed by atoms with Crippen LogP contribution in [0.5, 0.6) is 0 Å². The summed E-state index contributed by atoms with van der Waals surface area (Å²) in [6.07, 6.45) is 1.96. The summed E-state index contributed by atoms with van der Waals surface area (Å²) in [5.41, 5.74) is 1.08. The molecule has 1 aromatic rings. The first-order valence-electron chi connectivity index (χ1n) is 4.79. The molecule has 0 saturated heterocycles. The number of amides is 1. The summed E-state index contributed by atoms with van der Waals surface area (Å²) in [5, 5.41) is 2.89. The van der Waals surface area contributed by atoms with Crippen molar-refractivity contribution in [2.24, 2.45) is 0 Å². The molecule has 1 aromatic carbocycles. The molecule has 0 bridgehead atoms. The van der Waals surface area contributed by atoms with Crippen molar-refractivity contribution in [2.45, 2.75) is 19.4 Å². The van der Waals surface area contributed by atoms with Crippen molar-refractivity contribution in [3.63, 3.8) is 0 Å². The summed E-state index contributed by atoms with van der Waals surface area (Å²) in [5.74, 6) is -0.00234. The summed E-state index contributed by atoms with van der Waals surface area (Å²) >= 11 is 3.40. The van der Waals surface area contributed by atoms with E-state index in [0.29, 0.717) is 6.42 Å². The van der Waals surface area contributed by atoms with Gasteiger partial charge in [-0.3, -0.25) is 4.79 Å². The Morgan fingerprint density at radius 3 is 3.00 bits per heavy atom. The van der Waals surface area contributed by atoms with E-state index in [2.05, 4.69) is 27.8 Å². The standard InChI is InChI=1S/C12H14BrNO/c1-3-5-12(15)14-9(2)10-6-4-7-11(13)8-10/h3-4,6-9H,1,5H2,2H3,(H,14,15). The van der Waals surface area contributed by atoms with Crippen LogP contribution < -0.4 is 5.32 Å². The topological polar surface area (TPSA) is 29.1 Å². The molecule has 1 unspecified atom stereocenters. The van der Waals surface area contributed by atoms with E-state index in [1.807, 2.05) is 31.2 Å². The number of hydrogen-bond donors (Lipinski definition) is 1. The summed E-state index contributed by atoms with van der Waals surface area (Å²) in [7, 11) is 0. The van der Waals surface area contributed by atoms with E-state index in [-0.39, 0.29) is 11.9 Å². The maximum Gasteiger partial charge on any atom is 0.224 e. The van der Waals surface area contributed by atoms with Crippen molar-refractivity contribution in [3.05, 3.63) is 47.0 Å². The molecule has 3 heteroatoms. The highest BCUT2D eigenvalue weighted by Gasteiger charge is 2.07. The maximum atomic E-state index is 11.3. The molecule has 0 heterocycles. The van der Waals surface area contributed by atoms with E-state index in [0.717, 1.165) is 10.0 Å². The fraction of sp³-hybridized carbons (Fsp3) is 0.250. The number of nitrogens with one attached hydrogen (secondary N) is 1. The number of benzene rings is 1. The van der Waals surface area contributed by atoms with E-state index in [1.54, 1.807) is 6.08 Å². The van der Waals surface area contributed by atoms with Crippen LogP contribution in [0, 0.1) is 0 Å². The SMILES string of the molecule is C=CCC(=O)NC(C)c1cccc(Br)c1. The normalized spacial score (nSPS) is 11.9. The van der Waals surface area contributed by atoms with E-state index < -0.39 is 0 Å². The number of hydrogen-bond acceptors (Lipinski definition) is 1. The molecule has 0 spiro atoms. The van der Waals surface area contributed by atoms with Crippen molar-refractivity contribution in [2.75, 3.05) is 0 Å². The zero-order valence-electron chi connectivity index (χ0n) is 8.66. The Hall–Kier alpha value is -1.09. The Kier molecular flexibility index (Phi) is 4.56. The highest BCUT2D eigenvalue weighted by Crippen LogP contribution is 2.17. The molecule has 0 aliphatic rings. The second kappa shape index (κ2) is 5.71. The predicted octanol–water partition coefficient (Wildman–Crippen LogP) is 3.20. The molecule has 0 radical (unpaired) electrons. The van der Waals surface area contributed by atoms with Crippen LogP contribution in [0.15, 0.2) is 41.4 Å². The monoisotopic (exact) mass is 267 g/mol. The largest absolute Gasteiger partial charge is 0.349 e. The first kappa shape index (κ1) is 12.0. The van der Waals surface area contributed by atoms with Gasteiger partial charge in [-0.2, -0.15) is 0 Å². The Morgan fingerprint density at radius 1 is 1.67 bits per heavy atom. The molecular formula is C12H14BrNO. The van der Waals surface area contributed by atoms with Crippen LogP contribution >= 0.6 is 15.9 Å². The van der Waals surface area contributed by atoms with Crippen molar-refractivity contribution in [1.29, 1.82) is 0 Å². The molecule has 0 aliphatic carbocycles. The maximum absolute atomic E-state index is 11.3. The van der Waals surface area contributed by atoms with Gasteiger partial charge in [0.05, 0.1) is 6.04 Å². The zero-order chi connectivity index (χ0) is 11.3. The highest BCUT2D eigenvalue weighted by atomic mass is 79.9. The molecular weight excluding hydrogens is 254 g/mol. The molecule has 0 fully saturated rings. The van der Waals surface area contributed by atoms with Crippen molar-refractivity contribution in [3.8, 4) is 0 Å². The minimum atomic E-state index is -0.00234. The third-order valence-corrected chi connectivity index (χ3v) is 2.55. The number of rotatable bonds is 4. The quantitative estimate of drug-likeness (QED) is 0.835. The average Bonchev–Trinajstić information content (AvgIpc) is 2.18. The molecule has 1 amide bonds. The van der Waals surface area contributed by atoms with Crippen LogP contribution in [0.3, 0.4) is 0 Å². The third-order valence-electron chi connectivity index (χ3n) is 2.06. The van der Waals surface area contributed by atoms with Gasteiger partial charge in [0.15, 0.2) is 0 Å². The molecule has 80 valence electrons. The van der Waals surface area contributed by atoms with E-state index in [4.69, 9.17) is 0 Å². The second-order valence-corrected chi connectivity index (χ2v) is 4.25. The zero-order valence-corrected chi connectivity index (χ0v) is 10.3. The first-order valence-corrected chi connectivity index (χ1v) is 5.58. The lowest BCUT2D eigenvalue weighted by molar-refractivity contribution is -0.120. The second-order valence-electron chi connectivity index (χ2n) is 3.34. The van der Waals surface area contributed by atoms with Crippen LogP contribution in [0.25, 0.3) is 0 Å². The Balaban J connectivity index is 2.64. The van der Waals surface area contributed by atoms with Crippen LogP contribution in [0.4, 0.5) is 0 Å². The summed E-state index contributed by atoms with van der Waals surface area (Å²) in [4.78, 5) is 11.3. The first-order chi connectivity index (χ1) is 7.13. The Labute approximate surface area is 98.5 Å². The lowest BCUT2D eigenvalue weighted by Gasteiger charge is -2.13. The summed E-state index contributed by atoms with van der Waals surface area (Å²) in [6, 6.07) is 7.93. The minimum absolute atomic E-state index is 0.00234. The smallest absolute Gasteiger partial charge is 0.224 e. The molecule has 0 aromatic heterocycles. The van der Waals surface area contributed by atoms with Crippen LogP contribution in [0.2, 0.25) is 0 Å². The Bertz CT molecular complexity index is 362. The van der Waals surface area contributed by atoms with Gasteiger partial charge >= 0.3 is 0 Å².